The number of ether oxygens (including phenoxy) is 1. The molecule has 31 heavy (non-hydrogen) atoms. The number of piperidine rings is 1. The Morgan fingerprint density at radius 1 is 1.06 bits per heavy atom. The second kappa shape index (κ2) is 8.05. The minimum absolute atomic E-state index is 0.0587. The number of hydrogen-bond acceptors (Lipinski definition) is 7. The molecule has 8 nitrogen and oxygen atoms in total. The second-order valence-corrected chi connectivity index (χ2v) is 9.83. The van der Waals surface area contributed by atoms with E-state index in [1.165, 1.54) is 0 Å². The summed E-state index contributed by atoms with van der Waals surface area (Å²) in [5.74, 6) is 1.85. The van der Waals surface area contributed by atoms with Crippen molar-refractivity contribution in [1.29, 1.82) is 0 Å². The molecule has 0 N–H and O–H groups in total. The van der Waals surface area contributed by atoms with Crippen molar-refractivity contribution in [2.75, 3.05) is 6.61 Å². The Labute approximate surface area is 181 Å². The topological polar surface area (TPSA) is 98.4 Å². The van der Waals surface area contributed by atoms with Crippen LogP contribution in [0.5, 0.6) is 5.75 Å². The van der Waals surface area contributed by atoms with Crippen LogP contribution in [0.4, 0.5) is 0 Å². The molecule has 2 atom stereocenters. The number of sulfonamides is 1. The van der Waals surface area contributed by atoms with E-state index in [9.17, 15) is 8.42 Å². The predicted octanol–water partition coefficient (Wildman–Crippen LogP) is 3.63. The fourth-order valence-corrected chi connectivity index (χ4v) is 6.63. The summed E-state index contributed by atoms with van der Waals surface area (Å²) in [5.41, 5.74) is 0.850. The van der Waals surface area contributed by atoms with Gasteiger partial charge in [0.2, 0.25) is 21.7 Å². The standard InChI is InChI=1S/C22H24N4O4S/c1-2-29-19-5-7-20(8-6-19)31(27,28)26-17-3-4-18(26)14-16(13-17)22-24-21(25-30-22)15-9-11-23-12-10-15/h5-12,16-18H,2-4,13-14H2,1H3. The van der Waals surface area contributed by atoms with Crippen molar-refractivity contribution in [3.63, 3.8) is 0 Å². The molecule has 2 aliphatic heterocycles. The van der Waals surface area contributed by atoms with Gasteiger partial charge in [0, 0.05) is 36.0 Å². The van der Waals surface area contributed by atoms with E-state index in [1.807, 2.05) is 19.1 Å². The van der Waals surface area contributed by atoms with Crippen LogP contribution in [0.2, 0.25) is 0 Å². The van der Waals surface area contributed by atoms with E-state index in [2.05, 4.69) is 15.1 Å². The van der Waals surface area contributed by atoms with Gasteiger partial charge in [0.25, 0.3) is 0 Å². The summed E-state index contributed by atoms with van der Waals surface area (Å²) in [6.07, 6.45) is 6.45. The van der Waals surface area contributed by atoms with E-state index >= 15 is 0 Å². The summed E-state index contributed by atoms with van der Waals surface area (Å²) < 4.78 is 39.5. The fourth-order valence-electron chi connectivity index (χ4n) is 4.74. The molecule has 2 saturated heterocycles. The van der Waals surface area contributed by atoms with Gasteiger partial charge in [0.15, 0.2) is 0 Å². The molecular formula is C22H24N4O4S. The number of hydrogen-bond donors (Lipinski definition) is 0. The molecule has 162 valence electrons. The molecule has 4 heterocycles. The lowest BCUT2D eigenvalue weighted by molar-refractivity contribution is 0.202. The quantitative estimate of drug-likeness (QED) is 0.577. The van der Waals surface area contributed by atoms with E-state index in [0.717, 1.165) is 18.4 Å². The second-order valence-electron chi connectivity index (χ2n) is 7.98. The lowest BCUT2D eigenvalue weighted by Gasteiger charge is -2.36. The summed E-state index contributed by atoms with van der Waals surface area (Å²) in [6, 6.07) is 10.2. The van der Waals surface area contributed by atoms with Gasteiger partial charge in [-0.25, -0.2) is 8.42 Å². The normalized spacial score (nSPS) is 23.7. The van der Waals surface area contributed by atoms with Gasteiger partial charge in [-0.1, -0.05) is 5.16 Å². The first-order valence-corrected chi connectivity index (χ1v) is 12.0. The van der Waals surface area contributed by atoms with Crippen LogP contribution in [0, 0.1) is 0 Å². The average molecular weight is 441 g/mol. The third kappa shape index (κ3) is 3.72. The highest BCUT2D eigenvalue weighted by Crippen LogP contribution is 2.45. The number of pyridine rings is 1. The highest BCUT2D eigenvalue weighted by molar-refractivity contribution is 7.89. The minimum atomic E-state index is -3.57. The van der Waals surface area contributed by atoms with Crippen LogP contribution < -0.4 is 4.74 Å². The van der Waals surface area contributed by atoms with Crippen molar-refractivity contribution < 1.29 is 17.7 Å². The van der Waals surface area contributed by atoms with Gasteiger partial charge in [-0.2, -0.15) is 9.29 Å². The molecule has 2 aliphatic rings. The number of fused-ring (bicyclic) bond motifs is 2. The summed E-state index contributed by atoms with van der Waals surface area (Å²) in [5, 5.41) is 4.11. The average Bonchev–Trinajstić information content (AvgIpc) is 3.39. The van der Waals surface area contributed by atoms with E-state index in [0.29, 0.717) is 41.8 Å². The SMILES string of the molecule is CCOc1ccc(S(=O)(=O)N2C3CCC2CC(c2nc(-c4ccncc4)no2)C3)cc1. The molecule has 2 unspecified atom stereocenters. The van der Waals surface area contributed by atoms with Crippen LogP contribution in [-0.2, 0) is 10.0 Å². The van der Waals surface area contributed by atoms with Crippen molar-refractivity contribution >= 4 is 10.0 Å². The maximum Gasteiger partial charge on any atom is 0.243 e. The van der Waals surface area contributed by atoms with Crippen LogP contribution in [0.1, 0.15) is 44.4 Å². The Morgan fingerprint density at radius 2 is 1.74 bits per heavy atom. The van der Waals surface area contributed by atoms with Gasteiger partial charge in [0.1, 0.15) is 5.75 Å². The summed E-state index contributed by atoms with van der Waals surface area (Å²) in [4.78, 5) is 8.91. The predicted molar refractivity (Wildman–Crippen MR) is 113 cm³/mol. The van der Waals surface area contributed by atoms with Gasteiger partial charge < -0.3 is 9.26 Å². The van der Waals surface area contributed by atoms with Crippen LogP contribution in [0.3, 0.4) is 0 Å². The van der Waals surface area contributed by atoms with Crippen molar-refractivity contribution in [2.45, 2.75) is 55.5 Å². The van der Waals surface area contributed by atoms with Crippen LogP contribution in [0.15, 0.2) is 58.2 Å². The molecule has 0 saturated carbocycles. The van der Waals surface area contributed by atoms with Crippen LogP contribution >= 0.6 is 0 Å². The fraction of sp³-hybridized carbons (Fsp3) is 0.409. The maximum absolute atomic E-state index is 13.4. The number of aromatic nitrogens is 3. The Bertz CT molecular complexity index is 1130. The van der Waals surface area contributed by atoms with Gasteiger partial charge in [0.05, 0.1) is 11.5 Å². The summed E-state index contributed by atoms with van der Waals surface area (Å²) >= 11 is 0. The van der Waals surface area contributed by atoms with Crippen molar-refractivity contribution in [3.8, 4) is 17.1 Å². The number of nitrogens with zero attached hydrogens (tertiary/aromatic N) is 4. The molecule has 0 spiro atoms. The van der Waals surface area contributed by atoms with Crippen LogP contribution in [0.25, 0.3) is 11.4 Å². The lowest BCUT2D eigenvalue weighted by atomic mass is 9.92. The van der Waals surface area contributed by atoms with Gasteiger partial charge in [-0.05, 0) is 69.0 Å². The van der Waals surface area contributed by atoms with Gasteiger partial charge in [-0.3, -0.25) is 4.98 Å². The van der Waals surface area contributed by atoms with E-state index < -0.39 is 10.0 Å². The zero-order valence-corrected chi connectivity index (χ0v) is 18.0. The Kier molecular flexibility index (Phi) is 5.23. The first-order chi connectivity index (χ1) is 15.1. The largest absolute Gasteiger partial charge is 0.494 e. The van der Waals surface area contributed by atoms with Gasteiger partial charge >= 0.3 is 0 Å². The number of benzene rings is 1. The monoisotopic (exact) mass is 440 g/mol. The molecular weight excluding hydrogens is 416 g/mol. The molecule has 9 heteroatoms. The molecule has 1 aromatic carbocycles. The molecule has 2 bridgehead atoms. The highest BCUT2D eigenvalue weighted by atomic mass is 32.2. The molecule has 0 radical (unpaired) electrons. The third-order valence-corrected chi connectivity index (χ3v) is 8.12. The van der Waals surface area contributed by atoms with E-state index in [4.69, 9.17) is 9.26 Å². The molecule has 0 amide bonds. The van der Waals surface area contributed by atoms with Crippen molar-refractivity contribution in [2.24, 2.45) is 0 Å². The van der Waals surface area contributed by atoms with Crippen LogP contribution in [-0.4, -0.2) is 46.5 Å². The maximum atomic E-state index is 13.4. The van der Waals surface area contributed by atoms with E-state index in [1.54, 1.807) is 41.0 Å². The molecule has 3 aromatic rings. The zero-order valence-electron chi connectivity index (χ0n) is 17.2. The summed E-state index contributed by atoms with van der Waals surface area (Å²) in [6.45, 7) is 2.44. The van der Waals surface area contributed by atoms with Gasteiger partial charge in [-0.15, -0.1) is 0 Å². The molecule has 2 aromatic heterocycles. The zero-order chi connectivity index (χ0) is 21.4. The van der Waals surface area contributed by atoms with Crippen molar-refractivity contribution in [3.05, 3.63) is 54.7 Å². The Morgan fingerprint density at radius 3 is 2.39 bits per heavy atom. The lowest BCUT2D eigenvalue weighted by Crippen LogP contribution is -2.45. The minimum Gasteiger partial charge on any atom is -0.494 e. The summed E-state index contributed by atoms with van der Waals surface area (Å²) in [7, 11) is -3.57. The van der Waals surface area contributed by atoms with Crippen molar-refractivity contribution in [1.82, 2.24) is 19.4 Å². The first kappa shape index (κ1) is 20.1. The Hall–Kier alpha value is -2.78. The molecule has 5 rings (SSSR count). The van der Waals surface area contributed by atoms with E-state index in [-0.39, 0.29) is 18.0 Å². The molecule has 0 aliphatic carbocycles. The Balaban J connectivity index is 1.35. The first-order valence-electron chi connectivity index (χ1n) is 10.6. The third-order valence-electron chi connectivity index (χ3n) is 6.11. The highest BCUT2D eigenvalue weighted by Gasteiger charge is 2.48. The molecule has 2 fully saturated rings. The number of rotatable bonds is 6. The smallest absolute Gasteiger partial charge is 0.243 e.